The van der Waals surface area contributed by atoms with Crippen LogP contribution in [-0.2, 0) is 4.74 Å². The van der Waals surface area contributed by atoms with E-state index < -0.39 is 0 Å². The molecule has 1 aliphatic heterocycles. The summed E-state index contributed by atoms with van der Waals surface area (Å²) >= 11 is 0. The standard InChI is InChI=1S/C14H26N2O/c1-2-12(1)11-16(14-3-4-14)8-7-15-13-5-9-17-10-6-13/h12-15H,1-11H2. The van der Waals surface area contributed by atoms with Crippen molar-refractivity contribution in [2.75, 3.05) is 32.8 Å². The van der Waals surface area contributed by atoms with Crippen LogP contribution in [0, 0.1) is 5.92 Å². The lowest BCUT2D eigenvalue weighted by Crippen LogP contribution is -2.41. The number of hydrogen-bond acceptors (Lipinski definition) is 3. The molecule has 2 aliphatic carbocycles. The third-order valence-corrected chi connectivity index (χ3v) is 4.31. The first kappa shape index (κ1) is 11.9. The minimum atomic E-state index is 0.714. The summed E-state index contributed by atoms with van der Waals surface area (Å²) in [4.78, 5) is 2.74. The van der Waals surface area contributed by atoms with Crippen LogP contribution < -0.4 is 5.32 Å². The van der Waals surface area contributed by atoms with Crippen LogP contribution >= 0.6 is 0 Å². The van der Waals surface area contributed by atoms with Crippen molar-refractivity contribution in [2.45, 2.75) is 50.6 Å². The van der Waals surface area contributed by atoms with E-state index in [1.165, 1.54) is 58.2 Å². The van der Waals surface area contributed by atoms with Gasteiger partial charge in [0.15, 0.2) is 0 Å². The van der Waals surface area contributed by atoms with Gasteiger partial charge in [-0.25, -0.2) is 0 Å². The normalized spacial score (nSPS) is 26.6. The summed E-state index contributed by atoms with van der Waals surface area (Å²) in [6.07, 6.45) is 8.26. The van der Waals surface area contributed by atoms with Crippen molar-refractivity contribution in [1.29, 1.82) is 0 Å². The van der Waals surface area contributed by atoms with E-state index in [0.717, 1.165) is 25.2 Å². The molecular weight excluding hydrogens is 212 g/mol. The van der Waals surface area contributed by atoms with Gasteiger partial charge in [0, 0.05) is 44.9 Å². The predicted molar refractivity (Wildman–Crippen MR) is 69.2 cm³/mol. The van der Waals surface area contributed by atoms with Crippen molar-refractivity contribution in [3.8, 4) is 0 Å². The quantitative estimate of drug-likeness (QED) is 0.729. The highest BCUT2D eigenvalue weighted by atomic mass is 16.5. The topological polar surface area (TPSA) is 24.5 Å². The SMILES string of the molecule is C(CN(CC1CC1)C1CC1)NC1CCOCC1. The molecule has 3 nitrogen and oxygen atoms in total. The Hall–Kier alpha value is -0.120. The predicted octanol–water partition coefficient (Wildman–Crippen LogP) is 1.63. The van der Waals surface area contributed by atoms with Gasteiger partial charge in [0.25, 0.3) is 0 Å². The fourth-order valence-electron chi connectivity index (χ4n) is 2.81. The zero-order chi connectivity index (χ0) is 11.5. The van der Waals surface area contributed by atoms with E-state index in [4.69, 9.17) is 4.74 Å². The van der Waals surface area contributed by atoms with E-state index in [2.05, 4.69) is 10.2 Å². The molecule has 1 heterocycles. The van der Waals surface area contributed by atoms with Gasteiger partial charge in [-0.3, -0.25) is 4.90 Å². The van der Waals surface area contributed by atoms with Gasteiger partial charge in [-0.15, -0.1) is 0 Å². The molecule has 0 amide bonds. The smallest absolute Gasteiger partial charge is 0.0480 e. The number of hydrogen-bond donors (Lipinski definition) is 1. The van der Waals surface area contributed by atoms with E-state index in [1.54, 1.807) is 0 Å². The maximum absolute atomic E-state index is 5.39. The van der Waals surface area contributed by atoms with Crippen LogP contribution in [0.15, 0.2) is 0 Å². The van der Waals surface area contributed by atoms with Gasteiger partial charge in [-0.2, -0.15) is 0 Å². The van der Waals surface area contributed by atoms with Gasteiger partial charge in [0.1, 0.15) is 0 Å². The maximum Gasteiger partial charge on any atom is 0.0480 e. The Bertz CT molecular complexity index is 232. The number of nitrogens with one attached hydrogen (secondary N) is 1. The molecule has 2 saturated carbocycles. The molecule has 3 aliphatic rings. The third kappa shape index (κ3) is 3.94. The Balaban J connectivity index is 1.33. The zero-order valence-corrected chi connectivity index (χ0v) is 10.9. The highest BCUT2D eigenvalue weighted by Crippen LogP contribution is 2.34. The van der Waals surface area contributed by atoms with Gasteiger partial charge in [0.2, 0.25) is 0 Å². The van der Waals surface area contributed by atoms with Crippen molar-refractivity contribution in [3.05, 3.63) is 0 Å². The monoisotopic (exact) mass is 238 g/mol. The Morgan fingerprint density at radius 2 is 1.76 bits per heavy atom. The Morgan fingerprint density at radius 1 is 1.00 bits per heavy atom. The first-order valence-electron chi connectivity index (χ1n) is 7.47. The molecule has 3 fully saturated rings. The van der Waals surface area contributed by atoms with Crippen LogP contribution in [0.3, 0.4) is 0 Å². The molecule has 98 valence electrons. The third-order valence-electron chi connectivity index (χ3n) is 4.31. The molecule has 0 bridgehead atoms. The fraction of sp³-hybridized carbons (Fsp3) is 1.00. The number of ether oxygens (including phenoxy) is 1. The molecule has 3 rings (SSSR count). The van der Waals surface area contributed by atoms with Crippen LogP contribution in [0.5, 0.6) is 0 Å². The van der Waals surface area contributed by atoms with Crippen molar-refractivity contribution >= 4 is 0 Å². The molecule has 0 atom stereocenters. The molecule has 0 radical (unpaired) electrons. The average Bonchev–Trinajstić information content (AvgIpc) is 3.23. The average molecular weight is 238 g/mol. The lowest BCUT2D eigenvalue weighted by atomic mass is 10.1. The van der Waals surface area contributed by atoms with Crippen LogP contribution in [0.25, 0.3) is 0 Å². The molecule has 1 saturated heterocycles. The summed E-state index contributed by atoms with van der Waals surface area (Å²) in [6, 6.07) is 1.65. The van der Waals surface area contributed by atoms with Gasteiger partial charge >= 0.3 is 0 Å². The summed E-state index contributed by atoms with van der Waals surface area (Å²) < 4.78 is 5.39. The van der Waals surface area contributed by atoms with Gasteiger partial charge in [-0.05, 0) is 44.4 Å². The molecule has 3 heteroatoms. The molecule has 17 heavy (non-hydrogen) atoms. The summed E-state index contributed by atoms with van der Waals surface area (Å²) in [5.74, 6) is 1.04. The zero-order valence-electron chi connectivity index (χ0n) is 10.9. The van der Waals surface area contributed by atoms with Crippen molar-refractivity contribution in [3.63, 3.8) is 0 Å². The number of nitrogens with zero attached hydrogens (tertiary/aromatic N) is 1. The van der Waals surface area contributed by atoms with E-state index in [1.807, 2.05) is 0 Å². The minimum absolute atomic E-state index is 0.714. The second kappa shape index (κ2) is 5.68. The summed E-state index contributed by atoms with van der Waals surface area (Å²) in [7, 11) is 0. The number of rotatable bonds is 7. The Kier molecular flexibility index (Phi) is 3.99. The van der Waals surface area contributed by atoms with E-state index in [-0.39, 0.29) is 0 Å². The van der Waals surface area contributed by atoms with Crippen molar-refractivity contribution < 1.29 is 4.74 Å². The van der Waals surface area contributed by atoms with E-state index >= 15 is 0 Å². The second-order valence-corrected chi connectivity index (χ2v) is 6.01. The van der Waals surface area contributed by atoms with E-state index in [9.17, 15) is 0 Å². The van der Waals surface area contributed by atoms with Gasteiger partial charge < -0.3 is 10.1 Å². The second-order valence-electron chi connectivity index (χ2n) is 6.01. The fourth-order valence-corrected chi connectivity index (χ4v) is 2.81. The largest absolute Gasteiger partial charge is 0.381 e. The lowest BCUT2D eigenvalue weighted by Gasteiger charge is -2.26. The Morgan fingerprint density at radius 3 is 2.41 bits per heavy atom. The Labute approximate surface area is 105 Å². The molecule has 0 aromatic carbocycles. The minimum Gasteiger partial charge on any atom is -0.381 e. The summed E-state index contributed by atoms with van der Waals surface area (Å²) in [6.45, 7) is 5.71. The highest BCUT2D eigenvalue weighted by Gasteiger charge is 2.33. The molecule has 1 N–H and O–H groups in total. The van der Waals surface area contributed by atoms with Gasteiger partial charge in [0.05, 0.1) is 0 Å². The van der Waals surface area contributed by atoms with Gasteiger partial charge in [-0.1, -0.05) is 0 Å². The molecule has 0 aromatic rings. The molecule has 0 spiro atoms. The van der Waals surface area contributed by atoms with E-state index in [0.29, 0.717) is 6.04 Å². The molecule has 0 unspecified atom stereocenters. The summed E-state index contributed by atoms with van der Waals surface area (Å²) in [5.41, 5.74) is 0. The molecule has 0 aromatic heterocycles. The van der Waals surface area contributed by atoms with Crippen LogP contribution in [0.4, 0.5) is 0 Å². The maximum atomic E-state index is 5.39. The van der Waals surface area contributed by atoms with Crippen LogP contribution in [-0.4, -0.2) is 49.8 Å². The summed E-state index contributed by atoms with van der Waals surface area (Å²) in [5, 5.41) is 3.71. The van der Waals surface area contributed by atoms with Crippen molar-refractivity contribution in [1.82, 2.24) is 10.2 Å². The lowest BCUT2D eigenvalue weighted by molar-refractivity contribution is 0.0770. The van der Waals surface area contributed by atoms with Crippen LogP contribution in [0.2, 0.25) is 0 Å². The molecular formula is C14H26N2O. The first-order valence-corrected chi connectivity index (χ1v) is 7.47. The van der Waals surface area contributed by atoms with Crippen LogP contribution in [0.1, 0.15) is 38.5 Å². The van der Waals surface area contributed by atoms with Crippen molar-refractivity contribution in [2.24, 2.45) is 5.92 Å². The highest BCUT2D eigenvalue weighted by molar-refractivity contribution is 4.88. The first-order chi connectivity index (χ1) is 8.42.